The van der Waals surface area contributed by atoms with Crippen LogP contribution in [0, 0.1) is 0 Å². The number of hydrogen-bond donors (Lipinski definition) is 0. The van der Waals surface area contributed by atoms with E-state index >= 15 is 0 Å². The Morgan fingerprint density at radius 3 is 1.27 bits per heavy atom. The van der Waals surface area contributed by atoms with Gasteiger partial charge < -0.3 is 0 Å². The average molecular weight is 810 g/mol. The predicted octanol–water partition coefficient (Wildman–Crippen LogP) is 14.9. The number of fused-ring (bicyclic) bond motifs is 11. The average Bonchev–Trinajstić information content (AvgIpc) is 3.80. The van der Waals surface area contributed by atoms with Gasteiger partial charge in [-0.3, -0.25) is 0 Å². The van der Waals surface area contributed by atoms with E-state index in [-0.39, 0.29) is 10.8 Å². The highest BCUT2D eigenvalue weighted by Crippen LogP contribution is 2.63. The minimum Gasteiger partial charge on any atom is -0.208 e. The molecule has 0 saturated heterocycles. The molecule has 63 heavy (non-hydrogen) atoms. The van der Waals surface area contributed by atoms with Crippen molar-refractivity contribution in [2.45, 2.75) is 56.8 Å². The second kappa shape index (κ2) is 13.9. The van der Waals surface area contributed by atoms with Crippen molar-refractivity contribution in [1.82, 2.24) is 15.0 Å². The van der Waals surface area contributed by atoms with Crippen molar-refractivity contribution in [3.63, 3.8) is 0 Å². The summed E-state index contributed by atoms with van der Waals surface area (Å²) in [4.78, 5) is 15.9. The van der Waals surface area contributed by atoms with Gasteiger partial charge in [0.25, 0.3) is 0 Å². The van der Waals surface area contributed by atoms with Gasteiger partial charge in [0.2, 0.25) is 0 Å². The lowest BCUT2D eigenvalue weighted by molar-refractivity contribution is 0.332. The Hall–Kier alpha value is -7.23. The van der Waals surface area contributed by atoms with Crippen LogP contribution < -0.4 is 0 Å². The fraction of sp³-hybridized carbons (Fsp3) is 0.150. The first kappa shape index (κ1) is 37.5. The van der Waals surface area contributed by atoms with Crippen LogP contribution in [0.1, 0.15) is 73.9 Å². The van der Waals surface area contributed by atoms with E-state index in [1.165, 1.54) is 79.6 Å². The minimum absolute atomic E-state index is 0.105. The molecule has 3 nitrogen and oxygen atoms in total. The summed E-state index contributed by atoms with van der Waals surface area (Å²) in [5.74, 6) is 1.94. The third-order valence-electron chi connectivity index (χ3n) is 14.4. The number of aromatic nitrogens is 3. The standard InChI is InChI=1S/C60H47N3/c1-58(2)33-34-59(3,4)54-36-40(29-32-52(54)58)43-30-27-41(35-48(43)38-17-7-5-8-18-38)56-61-55(39-19-9-6-10-20-39)62-57(63-56)42-28-31-47-46-23-13-16-26-51(46)60(53(47)37-42)49-24-14-11-21-44(49)45-22-12-15-25-50(45)60/h5-32,35-37H,33-34H2,1-4H3. The Bertz CT molecular complexity index is 3220. The highest BCUT2D eigenvalue weighted by Gasteiger charge is 2.51. The first-order valence-corrected chi connectivity index (χ1v) is 22.3. The molecule has 0 fully saturated rings. The molecule has 9 aromatic rings. The van der Waals surface area contributed by atoms with Crippen LogP contribution in [-0.4, -0.2) is 15.0 Å². The Balaban J connectivity index is 1.05. The van der Waals surface area contributed by atoms with Crippen molar-refractivity contribution >= 4 is 0 Å². The topological polar surface area (TPSA) is 38.7 Å². The van der Waals surface area contributed by atoms with Gasteiger partial charge in [-0.2, -0.15) is 0 Å². The lowest BCUT2D eigenvalue weighted by atomic mass is 9.63. The van der Waals surface area contributed by atoms with Gasteiger partial charge in [0.1, 0.15) is 0 Å². The van der Waals surface area contributed by atoms with Gasteiger partial charge in [0.05, 0.1) is 5.41 Å². The van der Waals surface area contributed by atoms with Gasteiger partial charge in [0, 0.05) is 16.7 Å². The lowest BCUT2D eigenvalue weighted by Gasteiger charge is -2.42. The number of nitrogens with zero attached hydrogens (tertiary/aromatic N) is 3. The van der Waals surface area contributed by atoms with Crippen LogP contribution >= 0.6 is 0 Å². The minimum atomic E-state index is -0.463. The lowest BCUT2D eigenvalue weighted by Crippen LogP contribution is -2.33. The van der Waals surface area contributed by atoms with E-state index in [0.29, 0.717) is 17.5 Å². The maximum absolute atomic E-state index is 5.39. The van der Waals surface area contributed by atoms with E-state index in [0.717, 1.165) is 27.8 Å². The molecule has 0 unspecified atom stereocenters. The van der Waals surface area contributed by atoms with Crippen LogP contribution in [0.4, 0.5) is 0 Å². The van der Waals surface area contributed by atoms with Gasteiger partial charge in [-0.25, -0.2) is 15.0 Å². The zero-order valence-electron chi connectivity index (χ0n) is 36.2. The molecule has 0 N–H and O–H groups in total. The second-order valence-corrected chi connectivity index (χ2v) is 19.0. The van der Waals surface area contributed by atoms with Crippen LogP contribution in [0.15, 0.2) is 188 Å². The number of rotatable bonds is 5. The SMILES string of the molecule is CC1(C)CCC(C)(C)c2cc(-c3ccc(-c4nc(-c5ccccc5)nc(-c5ccc6c(c5)C5(c7ccccc7-c7ccccc75)c5ccccc5-6)n4)cc3-c3ccccc3)ccc21. The Morgan fingerprint density at radius 2 is 0.698 bits per heavy atom. The van der Waals surface area contributed by atoms with Gasteiger partial charge in [-0.15, -0.1) is 0 Å². The van der Waals surface area contributed by atoms with E-state index in [9.17, 15) is 0 Å². The maximum atomic E-state index is 5.39. The van der Waals surface area contributed by atoms with E-state index in [1.807, 2.05) is 18.2 Å². The van der Waals surface area contributed by atoms with E-state index in [2.05, 4.69) is 198 Å². The van der Waals surface area contributed by atoms with Crippen molar-refractivity contribution in [3.8, 4) is 78.7 Å². The molecule has 0 atom stereocenters. The summed E-state index contributed by atoms with van der Waals surface area (Å²) in [6.07, 6.45) is 2.36. The molecule has 0 saturated carbocycles. The fourth-order valence-electron chi connectivity index (χ4n) is 11.1. The first-order chi connectivity index (χ1) is 30.7. The van der Waals surface area contributed by atoms with Crippen molar-refractivity contribution in [2.24, 2.45) is 0 Å². The van der Waals surface area contributed by atoms with Crippen molar-refractivity contribution < 1.29 is 0 Å². The third kappa shape index (κ3) is 5.69. The van der Waals surface area contributed by atoms with Gasteiger partial charge >= 0.3 is 0 Å². The molecule has 0 amide bonds. The Kier molecular flexibility index (Phi) is 8.27. The summed E-state index contributed by atoms with van der Waals surface area (Å²) in [5.41, 5.74) is 20.6. The van der Waals surface area contributed by atoms with Crippen LogP contribution in [0.5, 0.6) is 0 Å². The zero-order valence-corrected chi connectivity index (χ0v) is 36.2. The first-order valence-electron chi connectivity index (χ1n) is 22.3. The van der Waals surface area contributed by atoms with Gasteiger partial charge in [-0.1, -0.05) is 204 Å². The van der Waals surface area contributed by atoms with Crippen LogP contribution in [0.2, 0.25) is 0 Å². The van der Waals surface area contributed by atoms with E-state index in [4.69, 9.17) is 15.0 Å². The Morgan fingerprint density at radius 1 is 0.286 bits per heavy atom. The molecule has 3 aliphatic carbocycles. The van der Waals surface area contributed by atoms with Gasteiger partial charge in [-0.05, 0) is 114 Å². The van der Waals surface area contributed by atoms with Crippen LogP contribution in [0.25, 0.3) is 78.7 Å². The normalized spacial score (nSPS) is 15.6. The molecule has 1 aromatic heterocycles. The fourth-order valence-corrected chi connectivity index (χ4v) is 11.1. The molecular weight excluding hydrogens is 763 g/mol. The summed E-state index contributed by atoms with van der Waals surface area (Å²) in [5, 5.41) is 0. The van der Waals surface area contributed by atoms with E-state index < -0.39 is 5.41 Å². The molecule has 302 valence electrons. The monoisotopic (exact) mass is 809 g/mol. The van der Waals surface area contributed by atoms with Crippen molar-refractivity contribution in [2.75, 3.05) is 0 Å². The molecule has 1 spiro atoms. The van der Waals surface area contributed by atoms with Crippen LogP contribution in [-0.2, 0) is 16.2 Å². The molecule has 0 radical (unpaired) electrons. The third-order valence-corrected chi connectivity index (χ3v) is 14.4. The molecule has 3 aliphatic rings. The molecule has 3 heteroatoms. The van der Waals surface area contributed by atoms with E-state index in [1.54, 1.807) is 0 Å². The summed E-state index contributed by atoms with van der Waals surface area (Å²) >= 11 is 0. The number of benzene rings is 8. The molecule has 8 aromatic carbocycles. The maximum Gasteiger partial charge on any atom is 0.164 e. The summed E-state index contributed by atoms with van der Waals surface area (Å²) in [7, 11) is 0. The second-order valence-electron chi connectivity index (χ2n) is 19.0. The van der Waals surface area contributed by atoms with Crippen LogP contribution in [0.3, 0.4) is 0 Å². The molecule has 1 heterocycles. The predicted molar refractivity (Wildman–Crippen MR) is 259 cm³/mol. The van der Waals surface area contributed by atoms with Crippen molar-refractivity contribution in [1.29, 1.82) is 0 Å². The molecular formula is C60H47N3. The van der Waals surface area contributed by atoms with Gasteiger partial charge in [0.15, 0.2) is 17.5 Å². The quantitative estimate of drug-likeness (QED) is 0.174. The molecule has 0 aliphatic heterocycles. The van der Waals surface area contributed by atoms with Crippen molar-refractivity contribution in [3.05, 3.63) is 221 Å². The smallest absolute Gasteiger partial charge is 0.164 e. The molecule has 0 bridgehead atoms. The zero-order chi connectivity index (χ0) is 42.5. The summed E-state index contributed by atoms with van der Waals surface area (Å²) in [6.45, 7) is 9.59. The summed E-state index contributed by atoms with van der Waals surface area (Å²) < 4.78 is 0. The largest absolute Gasteiger partial charge is 0.208 e. The highest BCUT2D eigenvalue weighted by atomic mass is 15.0. The highest BCUT2D eigenvalue weighted by molar-refractivity contribution is 5.96. The Labute approximate surface area is 370 Å². The summed E-state index contributed by atoms with van der Waals surface area (Å²) in [6, 6.07) is 68.7. The number of hydrogen-bond acceptors (Lipinski definition) is 3. The molecule has 12 rings (SSSR count).